The zero-order valence-corrected chi connectivity index (χ0v) is 19.7. The molecule has 0 bridgehead atoms. The Morgan fingerprint density at radius 1 is 1.12 bits per heavy atom. The van der Waals surface area contributed by atoms with Gasteiger partial charge in [0.1, 0.15) is 11.9 Å². The molecule has 3 N–H and O–H groups in total. The lowest BCUT2D eigenvalue weighted by molar-refractivity contribution is -0.198. The van der Waals surface area contributed by atoms with Gasteiger partial charge in [-0.25, -0.2) is 15.3 Å². The average Bonchev–Trinajstić information content (AvgIpc) is 2.85. The van der Waals surface area contributed by atoms with E-state index in [1.54, 1.807) is 18.5 Å². The maximum absolute atomic E-state index is 12.8. The zero-order valence-electron chi connectivity index (χ0n) is 19.7. The van der Waals surface area contributed by atoms with Crippen LogP contribution in [0.15, 0.2) is 18.5 Å². The molecular weight excluding hydrogens is 422 g/mol. The largest absolute Gasteiger partial charge is 0.357 e. The average molecular weight is 460 g/mol. The van der Waals surface area contributed by atoms with Gasteiger partial charge in [0.2, 0.25) is 5.91 Å². The molecule has 0 radical (unpaired) electrons. The molecule has 9 heteroatoms. The molecule has 2 amide bonds. The van der Waals surface area contributed by atoms with Gasteiger partial charge in [-0.15, -0.1) is 0 Å². The van der Waals surface area contributed by atoms with Gasteiger partial charge in [0.15, 0.2) is 6.29 Å². The summed E-state index contributed by atoms with van der Waals surface area (Å²) in [5, 5.41) is 6.30. The summed E-state index contributed by atoms with van der Waals surface area (Å²) in [6.07, 6.45) is 14.6. The fourth-order valence-electron chi connectivity index (χ4n) is 4.06. The Morgan fingerprint density at radius 3 is 2.58 bits per heavy atom. The van der Waals surface area contributed by atoms with Crippen LogP contribution in [0.4, 0.5) is 5.82 Å². The lowest BCUT2D eigenvalue weighted by Crippen LogP contribution is -2.44. The molecule has 9 nitrogen and oxygen atoms in total. The highest BCUT2D eigenvalue weighted by atomic mass is 16.8. The normalized spacial score (nSPS) is 20.5. The van der Waals surface area contributed by atoms with Crippen LogP contribution in [0.1, 0.15) is 70.9 Å². The van der Waals surface area contributed by atoms with E-state index in [0.717, 1.165) is 25.8 Å². The van der Waals surface area contributed by atoms with Crippen LogP contribution in [-0.2, 0) is 19.2 Å². The van der Waals surface area contributed by atoms with Gasteiger partial charge in [-0.3, -0.25) is 14.6 Å². The summed E-state index contributed by atoms with van der Waals surface area (Å²) in [5.41, 5.74) is 2.89. The summed E-state index contributed by atoms with van der Waals surface area (Å²) in [7, 11) is 0. The molecule has 182 valence electrons. The maximum atomic E-state index is 12.8. The predicted molar refractivity (Wildman–Crippen MR) is 126 cm³/mol. The van der Waals surface area contributed by atoms with Gasteiger partial charge >= 0.3 is 0 Å². The van der Waals surface area contributed by atoms with Crippen LogP contribution >= 0.6 is 0 Å². The number of hydrogen-bond acceptors (Lipinski definition) is 7. The molecule has 2 aliphatic rings. The second-order valence-corrected chi connectivity index (χ2v) is 9.16. The fraction of sp³-hybridized carbons (Fsp3) is 0.667. The maximum Gasteiger partial charge on any atom is 0.267 e. The summed E-state index contributed by atoms with van der Waals surface area (Å²) >= 11 is 0. The summed E-state index contributed by atoms with van der Waals surface area (Å²) < 4.78 is 5.40. The standard InChI is InChI=1S/C24H37N5O4/c1-17(2)23(24(31)27-14-18-8-4-3-5-9-18)28-20-16-25-19(15-26-20)11-12-21(30)29-33-22-10-6-7-13-32-22/h11-12,15-18,22-23H,3-10,13-14H2,1-2H3,(H,26,28)(H,27,31)(H,29,30)/b12-11+/t22?,23-/m1/s1. The van der Waals surface area contributed by atoms with Gasteiger partial charge in [-0.05, 0) is 43.6 Å². The van der Waals surface area contributed by atoms with E-state index in [1.165, 1.54) is 38.2 Å². The van der Waals surface area contributed by atoms with Crippen molar-refractivity contribution in [3.05, 3.63) is 24.2 Å². The SMILES string of the molecule is CC(C)[C@@H](Nc1cnc(/C=C/C(=O)NOC2CCCCO2)cn1)C(=O)NCC1CCCCC1. The van der Waals surface area contributed by atoms with E-state index in [9.17, 15) is 9.59 Å². The van der Waals surface area contributed by atoms with Crippen LogP contribution in [-0.4, -0.2) is 47.3 Å². The van der Waals surface area contributed by atoms with Crippen molar-refractivity contribution in [2.45, 2.75) is 77.5 Å². The Kier molecular flexibility index (Phi) is 10.1. The second kappa shape index (κ2) is 13.3. The van der Waals surface area contributed by atoms with E-state index < -0.39 is 18.2 Å². The van der Waals surface area contributed by atoms with Crippen molar-refractivity contribution in [2.24, 2.45) is 11.8 Å². The Morgan fingerprint density at radius 2 is 1.91 bits per heavy atom. The third-order valence-electron chi connectivity index (χ3n) is 6.05. The van der Waals surface area contributed by atoms with Gasteiger partial charge in [-0.2, -0.15) is 0 Å². The Hall–Kier alpha value is -2.52. The van der Waals surface area contributed by atoms with E-state index in [4.69, 9.17) is 9.57 Å². The van der Waals surface area contributed by atoms with Crippen molar-refractivity contribution in [3.8, 4) is 0 Å². The lowest BCUT2D eigenvalue weighted by atomic mass is 9.89. The number of aromatic nitrogens is 2. The molecular formula is C24H37N5O4. The molecule has 0 aromatic carbocycles. The number of rotatable bonds is 10. The third kappa shape index (κ3) is 8.74. The van der Waals surface area contributed by atoms with Crippen LogP contribution in [0.5, 0.6) is 0 Å². The van der Waals surface area contributed by atoms with E-state index >= 15 is 0 Å². The van der Waals surface area contributed by atoms with Crippen LogP contribution < -0.4 is 16.1 Å². The number of carbonyl (C=O) groups excluding carboxylic acids is 2. The molecule has 2 fully saturated rings. The molecule has 1 unspecified atom stereocenters. The highest BCUT2D eigenvalue weighted by Gasteiger charge is 2.24. The number of anilines is 1. The third-order valence-corrected chi connectivity index (χ3v) is 6.05. The number of amides is 2. The molecule has 2 atom stereocenters. The lowest BCUT2D eigenvalue weighted by Gasteiger charge is -2.25. The first-order chi connectivity index (χ1) is 16.0. The molecule has 1 aliphatic carbocycles. The molecule has 1 aromatic rings. The Balaban J connectivity index is 1.45. The topological polar surface area (TPSA) is 114 Å². The molecule has 33 heavy (non-hydrogen) atoms. The molecule has 0 spiro atoms. The zero-order chi connectivity index (χ0) is 23.5. The number of nitrogens with one attached hydrogen (secondary N) is 3. The number of hydroxylamine groups is 1. The van der Waals surface area contributed by atoms with Crippen molar-refractivity contribution < 1.29 is 19.2 Å². The van der Waals surface area contributed by atoms with Gasteiger partial charge in [0.25, 0.3) is 5.91 Å². The smallest absolute Gasteiger partial charge is 0.267 e. The van der Waals surface area contributed by atoms with Crippen molar-refractivity contribution >= 4 is 23.7 Å². The van der Waals surface area contributed by atoms with Gasteiger partial charge in [-0.1, -0.05) is 33.1 Å². The molecule has 1 saturated carbocycles. The summed E-state index contributed by atoms with van der Waals surface area (Å²) in [6.45, 7) is 5.38. The van der Waals surface area contributed by atoms with Crippen molar-refractivity contribution in [2.75, 3.05) is 18.5 Å². The minimum absolute atomic E-state index is 0.0139. The Bertz CT molecular complexity index is 772. The van der Waals surface area contributed by atoms with Crippen molar-refractivity contribution in [1.29, 1.82) is 0 Å². The first-order valence-corrected chi connectivity index (χ1v) is 12.1. The summed E-state index contributed by atoms with van der Waals surface area (Å²) in [6, 6.07) is -0.394. The Labute approximate surface area is 196 Å². The summed E-state index contributed by atoms with van der Waals surface area (Å²) in [5.74, 6) is 0.775. The number of hydrogen-bond donors (Lipinski definition) is 3. The minimum atomic E-state index is -0.400. The van der Waals surface area contributed by atoms with Crippen LogP contribution in [0.3, 0.4) is 0 Å². The van der Waals surface area contributed by atoms with Crippen molar-refractivity contribution in [3.63, 3.8) is 0 Å². The fourth-order valence-corrected chi connectivity index (χ4v) is 4.06. The predicted octanol–water partition coefficient (Wildman–Crippen LogP) is 3.20. The van der Waals surface area contributed by atoms with Gasteiger partial charge in [0.05, 0.1) is 18.1 Å². The van der Waals surface area contributed by atoms with Gasteiger partial charge in [0, 0.05) is 25.6 Å². The quantitative estimate of drug-likeness (QED) is 0.364. The number of carbonyl (C=O) groups is 2. The summed E-state index contributed by atoms with van der Waals surface area (Å²) in [4.78, 5) is 38.6. The monoisotopic (exact) mass is 459 g/mol. The van der Waals surface area contributed by atoms with E-state index in [-0.39, 0.29) is 11.8 Å². The number of ether oxygens (including phenoxy) is 1. The highest BCUT2D eigenvalue weighted by molar-refractivity contribution is 5.90. The first kappa shape index (κ1) is 25.1. The van der Waals surface area contributed by atoms with E-state index in [0.29, 0.717) is 24.0 Å². The second-order valence-electron chi connectivity index (χ2n) is 9.16. The highest BCUT2D eigenvalue weighted by Crippen LogP contribution is 2.23. The first-order valence-electron chi connectivity index (χ1n) is 12.1. The number of nitrogens with zero attached hydrogens (tertiary/aromatic N) is 2. The van der Waals surface area contributed by atoms with Crippen LogP contribution in [0, 0.1) is 11.8 Å². The molecule has 1 aliphatic heterocycles. The van der Waals surface area contributed by atoms with Crippen molar-refractivity contribution in [1.82, 2.24) is 20.8 Å². The molecule has 1 aromatic heterocycles. The molecule has 1 saturated heterocycles. The van der Waals surface area contributed by atoms with E-state index in [1.807, 2.05) is 13.8 Å². The molecule has 2 heterocycles. The minimum Gasteiger partial charge on any atom is -0.357 e. The van der Waals surface area contributed by atoms with Gasteiger partial charge < -0.3 is 15.4 Å². The van der Waals surface area contributed by atoms with E-state index in [2.05, 4.69) is 26.1 Å². The molecule has 3 rings (SSSR count). The van der Waals surface area contributed by atoms with Crippen LogP contribution in [0.2, 0.25) is 0 Å². The van der Waals surface area contributed by atoms with Crippen LogP contribution in [0.25, 0.3) is 6.08 Å².